The quantitative estimate of drug-likeness (QED) is 0.162. The summed E-state index contributed by atoms with van der Waals surface area (Å²) in [5, 5.41) is 7.12. The number of rotatable bonds is 6. The first kappa shape index (κ1) is 20.7. The van der Waals surface area contributed by atoms with E-state index in [-0.39, 0.29) is 5.82 Å². The molecule has 0 amide bonds. The molecule has 0 saturated heterocycles. The number of halogens is 2. The van der Waals surface area contributed by atoms with Crippen LogP contribution in [-0.2, 0) is 0 Å². The summed E-state index contributed by atoms with van der Waals surface area (Å²) in [4.78, 5) is 16.6. The number of hydrazone groups is 1. The van der Waals surface area contributed by atoms with Crippen LogP contribution >= 0.6 is 22.9 Å². The second-order valence-corrected chi connectivity index (χ2v) is 7.68. The molecule has 0 atom stereocenters. The van der Waals surface area contributed by atoms with Crippen LogP contribution in [0.5, 0.6) is 5.75 Å². The molecule has 0 spiro atoms. The summed E-state index contributed by atoms with van der Waals surface area (Å²) in [6.07, 6.45) is 1.63. The van der Waals surface area contributed by atoms with Gasteiger partial charge in [-0.2, -0.15) is 5.10 Å². The molecule has 0 bridgehead atoms. The molecule has 154 valence electrons. The molecule has 0 radical (unpaired) electrons. The first-order valence-electron chi connectivity index (χ1n) is 9.15. The number of benzene rings is 3. The fraction of sp³-hybridized carbons (Fsp3) is 0. The highest BCUT2D eigenvalue weighted by molar-refractivity contribution is 7.14. The molecule has 0 aliphatic rings. The van der Waals surface area contributed by atoms with Crippen molar-refractivity contribution in [2.45, 2.75) is 0 Å². The van der Waals surface area contributed by atoms with Gasteiger partial charge in [0.15, 0.2) is 0 Å². The minimum Gasteiger partial charge on any atom is -0.423 e. The van der Waals surface area contributed by atoms with E-state index < -0.39 is 5.97 Å². The topological polar surface area (TPSA) is 63.6 Å². The molecule has 8 heteroatoms. The summed E-state index contributed by atoms with van der Waals surface area (Å²) in [6, 6.07) is 19.6. The van der Waals surface area contributed by atoms with Gasteiger partial charge in [-0.3, -0.25) is 5.43 Å². The third-order valence-electron chi connectivity index (χ3n) is 4.17. The SMILES string of the molecule is O=C(Oc1ccc(/C=N/Nc2nc(-c3ccc(F)cc3)cs2)cc1)c1cccc(Cl)c1. The maximum atomic E-state index is 13.0. The predicted molar refractivity (Wildman–Crippen MR) is 122 cm³/mol. The molecule has 0 aliphatic carbocycles. The summed E-state index contributed by atoms with van der Waals surface area (Å²) in [6.45, 7) is 0. The van der Waals surface area contributed by atoms with Crippen molar-refractivity contribution in [2.24, 2.45) is 5.10 Å². The second-order valence-electron chi connectivity index (χ2n) is 6.38. The van der Waals surface area contributed by atoms with E-state index in [0.717, 1.165) is 16.8 Å². The molecular formula is C23H15ClFN3O2S. The van der Waals surface area contributed by atoms with Crippen molar-refractivity contribution >= 4 is 40.3 Å². The minimum absolute atomic E-state index is 0.285. The monoisotopic (exact) mass is 451 g/mol. The Morgan fingerprint density at radius 2 is 1.87 bits per heavy atom. The van der Waals surface area contributed by atoms with E-state index >= 15 is 0 Å². The Balaban J connectivity index is 1.34. The number of carbonyl (C=O) groups is 1. The molecular weight excluding hydrogens is 437 g/mol. The van der Waals surface area contributed by atoms with Crippen LogP contribution in [0.15, 0.2) is 83.3 Å². The molecule has 31 heavy (non-hydrogen) atoms. The van der Waals surface area contributed by atoms with Crippen molar-refractivity contribution in [1.82, 2.24) is 4.98 Å². The summed E-state index contributed by atoms with van der Waals surface area (Å²) >= 11 is 7.29. The van der Waals surface area contributed by atoms with E-state index in [9.17, 15) is 9.18 Å². The lowest BCUT2D eigenvalue weighted by molar-refractivity contribution is 0.0734. The van der Waals surface area contributed by atoms with Crippen molar-refractivity contribution in [2.75, 3.05) is 5.43 Å². The minimum atomic E-state index is -0.480. The number of nitrogens with zero attached hydrogens (tertiary/aromatic N) is 2. The first-order valence-corrected chi connectivity index (χ1v) is 10.4. The number of thiazole rings is 1. The molecule has 1 N–H and O–H groups in total. The molecule has 4 rings (SSSR count). The van der Waals surface area contributed by atoms with Gasteiger partial charge in [-0.05, 0) is 72.3 Å². The zero-order valence-corrected chi connectivity index (χ0v) is 17.5. The van der Waals surface area contributed by atoms with Crippen LogP contribution in [0.1, 0.15) is 15.9 Å². The molecule has 4 aromatic rings. The van der Waals surface area contributed by atoms with Crippen molar-refractivity contribution < 1.29 is 13.9 Å². The highest BCUT2D eigenvalue weighted by atomic mass is 35.5. The maximum Gasteiger partial charge on any atom is 0.343 e. The first-order chi connectivity index (χ1) is 15.1. The predicted octanol–water partition coefficient (Wildman–Crippen LogP) is 6.27. The lowest BCUT2D eigenvalue weighted by Crippen LogP contribution is -2.08. The van der Waals surface area contributed by atoms with Crippen LogP contribution in [0, 0.1) is 5.82 Å². The molecule has 3 aromatic carbocycles. The number of ether oxygens (including phenoxy) is 1. The van der Waals surface area contributed by atoms with Gasteiger partial charge in [0.2, 0.25) is 5.13 Å². The molecule has 0 saturated carbocycles. The summed E-state index contributed by atoms with van der Waals surface area (Å²) < 4.78 is 18.4. The van der Waals surface area contributed by atoms with E-state index in [2.05, 4.69) is 15.5 Å². The summed E-state index contributed by atoms with van der Waals surface area (Å²) in [5.41, 5.74) is 5.64. The van der Waals surface area contributed by atoms with Crippen LogP contribution in [-0.4, -0.2) is 17.2 Å². The van der Waals surface area contributed by atoms with Crippen LogP contribution in [0.2, 0.25) is 5.02 Å². The molecule has 0 unspecified atom stereocenters. The number of hydrogen-bond donors (Lipinski definition) is 1. The van der Waals surface area contributed by atoms with Crippen molar-refractivity contribution in [3.63, 3.8) is 0 Å². The van der Waals surface area contributed by atoms with Gasteiger partial charge in [0, 0.05) is 16.0 Å². The van der Waals surface area contributed by atoms with Crippen LogP contribution in [0.4, 0.5) is 9.52 Å². The van der Waals surface area contributed by atoms with E-state index in [1.807, 2.05) is 5.38 Å². The Labute approximate surface area is 186 Å². The van der Waals surface area contributed by atoms with Gasteiger partial charge in [0.05, 0.1) is 17.5 Å². The Kier molecular flexibility index (Phi) is 6.35. The zero-order chi connectivity index (χ0) is 21.6. The third kappa shape index (κ3) is 5.53. The number of nitrogens with one attached hydrogen (secondary N) is 1. The normalized spacial score (nSPS) is 10.9. The number of anilines is 1. The van der Waals surface area contributed by atoms with Gasteiger partial charge in [0.1, 0.15) is 11.6 Å². The lowest BCUT2D eigenvalue weighted by Gasteiger charge is -2.05. The van der Waals surface area contributed by atoms with Gasteiger partial charge >= 0.3 is 5.97 Å². The van der Waals surface area contributed by atoms with Gasteiger partial charge in [-0.1, -0.05) is 17.7 Å². The Morgan fingerprint density at radius 1 is 1.10 bits per heavy atom. The summed E-state index contributed by atoms with van der Waals surface area (Å²) in [7, 11) is 0. The highest BCUT2D eigenvalue weighted by Crippen LogP contribution is 2.25. The van der Waals surface area contributed by atoms with Crippen molar-refractivity contribution in [3.05, 3.63) is 100 Å². The fourth-order valence-electron chi connectivity index (χ4n) is 2.64. The smallest absolute Gasteiger partial charge is 0.343 e. The summed E-state index contributed by atoms with van der Waals surface area (Å²) in [5.74, 6) is -0.350. The third-order valence-corrected chi connectivity index (χ3v) is 5.15. The van der Waals surface area contributed by atoms with Gasteiger partial charge < -0.3 is 4.74 Å². The number of aromatic nitrogens is 1. The molecule has 0 aliphatic heterocycles. The van der Waals surface area contributed by atoms with Crippen LogP contribution in [0.25, 0.3) is 11.3 Å². The fourth-order valence-corrected chi connectivity index (χ4v) is 3.50. The number of carbonyl (C=O) groups excluding carboxylic acids is 1. The second kappa shape index (κ2) is 9.51. The lowest BCUT2D eigenvalue weighted by atomic mass is 10.2. The van der Waals surface area contributed by atoms with E-state index in [4.69, 9.17) is 16.3 Å². The Morgan fingerprint density at radius 3 is 2.61 bits per heavy atom. The number of esters is 1. The van der Waals surface area contributed by atoms with E-state index in [0.29, 0.717) is 21.5 Å². The number of hydrogen-bond acceptors (Lipinski definition) is 6. The maximum absolute atomic E-state index is 13.0. The largest absolute Gasteiger partial charge is 0.423 e. The standard InChI is InChI=1S/C23H15ClFN3O2S/c24-18-3-1-2-17(12-18)22(29)30-20-10-4-15(5-11-20)13-26-28-23-27-21(14-31-23)16-6-8-19(25)9-7-16/h1-14H,(H,27,28)/b26-13+. The molecule has 0 fully saturated rings. The average molecular weight is 452 g/mol. The highest BCUT2D eigenvalue weighted by Gasteiger charge is 2.09. The van der Waals surface area contributed by atoms with Crippen LogP contribution < -0.4 is 10.2 Å². The van der Waals surface area contributed by atoms with Gasteiger partial charge in [-0.15, -0.1) is 11.3 Å². The van der Waals surface area contributed by atoms with Crippen molar-refractivity contribution in [3.8, 4) is 17.0 Å². The van der Waals surface area contributed by atoms with Gasteiger partial charge in [0.25, 0.3) is 0 Å². The van der Waals surface area contributed by atoms with Gasteiger partial charge in [-0.25, -0.2) is 14.2 Å². The molecule has 1 heterocycles. The Bertz CT molecular complexity index is 1220. The average Bonchev–Trinajstić information content (AvgIpc) is 3.24. The van der Waals surface area contributed by atoms with Crippen LogP contribution in [0.3, 0.4) is 0 Å². The molecule has 5 nitrogen and oxygen atoms in total. The zero-order valence-electron chi connectivity index (χ0n) is 16.0. The van der Waals surface area contributed by atoms with E-state index in [1.165, 1.54) is 23.5 Å². The van der Waals surface area contributed by atoms with E-state index in [1.54, 1.807) is 66.9 Å². The molecule has 1 aromatic heterocycles. The Hall–Kier alpha value is -3.55. The van der Waals surface area contributed by atoms with Crippen molar-refractivity contribution in [1.29, 1.82) is 0 Å².